The average Bonchev–Trinajstić information content (AvgIpc) is 2.70. The van der Waals surface area contributed by atoms with Gasteiger partial charge in [-0.05, 0) is 24.3 Å². The predicted octanol–water partition coefficient (Wildman–Crippen LogP) is 2.24. The van der Waals surface area contributed by atoms with Crippen LogP contribution in [0.1, 0.15) is 15.9 Å². The molecule has 1 amide bonds. The van der Waals surface area contributed by atoms with E-state index < -0.39 is 0 Å². The number of aromatic amines is 1. The van der Waals surface area contributed by atoms with Crippen molar-refractivity contribution >= 4 is 16.8 Å². The Morgan fingerprint density at radius 1 is 1.15 bits per heavy atom. The number of nitrogens with one attached hydrogen (secondary N) is 2. The maximum Gasteiger partial charge on any atom is 0.255 e. The van der Waals surface area contributed by atoms with E-state index in [2.05, 4.69) is 10.3 Å². The number of methoxy groups -OCH3 is 1. The average molecular weight is 366 g/mol. The lowest BCUT2D eigenvalue weighted by Crippen LogP contribution is -2.27. The smallest absolute Gasteiger partial charge is 0.255 e. The third-order valence-electron chi connectivity index (χ3n) is 4.37. The number of pyridine rings is 1. The van der Waals surface area contributed by atoms with Crippen LogP contribution >= 0.6 is 0 Å². The molecule has 1 aliphatic heterocycles. The van der Waals surface area contributed by atoms with Crippen LogP contribution in [0.5, 0.6) is 17.2 Å². The molecular formula is C20H18N2O5. The van der Waals surface area contributed by atoms with Crippen LogP contribution in [0, 0.1) is 0 Å². The Morgan fingerprint density at radius 3 is 2.67 bits per heavy atom. The topological polar surface area (TPSA) is 89.7 Å². The number of hydrogen-bond acceptors (Lipinski definition) is 5. The standard InChI is InChI=1S/C20H18N2O5/c1-25-16-5-3-2-4-14(16)20(24)21-11-13-8-12-9-17-18(27-7-6-26-17)10-15(12)22-19(13)23/h2-5,8-10H,6-7,11H2,1H3,(H,21,24)(H,22,23). The van der Waals surface area contributed by atoms with E-state index in [0.717, 1.165) is 5.39 Å². The molecule has 0 spiro atoms. The summed E-state index contributed by atoms with van der Waals surface area (Å²) in [6.07, 6.45) is 0. The van der Waals surface area contributed by atoms with Crippen molar-refractivity contribution in [1.82, 2.24) is 10.3 Å². The van der Waals surface area contributed by atoms with E-state index in [1.54, 1.807) is 36.4 Å². The monoisotopic (exact) mass is 366 g/mol. The van der Waals surface area contributed by atoms with Crippen molar-refractivity contribution in [3.63, 3.8) is 0 Å². The van der Waals surface area contributed by atoms with Crippen molar-refractivity contribution in [2.24, 2.45) is 0 Å². The van der Waals surface area contributed by atoms with E-state index in [9.17, 15) is 9.59 Å². The van der Waals surface area contributed by atoms with Crippen molar-refractivity contribution in [3.8, 4) is 17.2 Å². The number of ether oxygens (including phenoxy) is 3. The van der Waals surface area contributed by atoms with Gasteiger partial charge in [-0.1, -0.05) is 12.1 Å². The van der Waals surface area contributed by atoms with Crippen LogP contribution in [0.4, 0.5) is 0 Å². The summed E-state index contributed by atoms with van der Waals surface area (Å²) in [5.74, 6) is 1.42. The van der Waals surface area contributed by atoms with Gasteiger partial charge in [0.25, 0.3) is 11.5 Å². The molecule has 0 saturated carbocycles. The second-order valence-corrected chi connectivity index (χ2v) is 6.09. The number of para-hydroxylation sites is 1. The summed E-state index contributed by atoms with van der Waals surface area (Å²) < 4.78 is 16.3. The Labute approximate surface area is 154 Å². The van der Waals surface area contributed by atoms with Gasteiger partial charge in [-0.15, -0.1) is 0 Å². The van der Waals surface area contributed by atoms with Gasteiger partial charge in [0.05, 0.1) is 18.2 Å². The fourth-order valence-corrected chi connectivity index (χ4v) is 3.02. The maximum atomic E-state index is 12.4. The molecule has 1 aromatic heterocycles. The second kappa shape index (κ2) is 7.03. The molecule has 0 fully saturated rings. The van der Waals surface area contributed by atoms with Crippen molar-refractivity contribution in [2.45, 2.75) is 6.54 Å². The van der Waals surface area contributed by atoms with E-state index in [-0.39, 0.29) is 18.0 Å². The maximum absolute atomic E-state index is 12.4. The molecule has 7 nitrogen and oxygen atoms in total. The largest absolute Gasteiger partial charge is 0.496 e. The van der Waals surface area contributed by atoms with E-state index >= 15 is 0 Å². The van der Waals surface area contributed by atoms with Crippen LogP contribution in [-0.4, -0.2) is 31.2 Å². The number of amides is 1. The molecule has 2 aromatic carbocycles. The molecule has 3 aromatic rings. The minimum atomic E-state index is -0.311. The van der Waals surface area contributed by atoms with Gasteiger partial charge in [-0.25, -0.2) is 0 Å². The molecule has 2 heterocycles. The zero-order valence-electron chi connectivity index (χ0n) is 14.7. The molecule has 0 atom stereocenters. The lowest BCUT2D eigenvalue weighted by molar-refractivity contribution is 0.0948. The molecule has 0 bridgehead atoms. The first-order chi connectivity index (χ1) is 13.2. The zero-order chi connectivity index (χ0) is 18.8. The summed E-state index contributed by atoms with van der Waals surface area (Å²) in [5, 5.41) is 3.57. The SMILES string of the molecule is COc1ccccc1C(=O)NCc1cc2cc3c(cc2[nH]c1=O)OCCO3. The van der Waals surface area contributed by atoms with E-state index in [4.69, 9.17) is 14.2 Å². The summed E-state index contributed by atoms with van der Waals surface area (Å²) in [6, 6.07) is 12.2. The Morgan fingerprint density at radius 2 is 1.89 bits per heavy atom. The number of rotatable bonds is 4. The first-order valence-electron chi connectivity index (χ1n) is 8.52. The summed E-state index contributed by atoms with van der Waals surface area (Å²) in [7, 11) is 1.51. The van der Waals surface area contributed by atoms with Crippen LogP contribution in [0.15, 0.2) is 47.3 Å². The quantitative estimate of drug-likeness (QED) is 0.739. The fraction of sp³-hybridized carbons (Fsp3) is 0.200. The van der Waals surface area contributed by atoms with Gasteiger partial charge >= 0.3 is 0 Å². The molecule has 27 heavy (non-hydrogen) atoms. The lowest BCUT2D eigenvalue weighted by atomic mass is 10.1. The van der Waals surface area contributed by atoms with Gasteiger partial charge in [0, 0.05) is 23.6 Å². The number of fused-ring (bicyclic) bond motifs is 2. The highest BCUT2D eigenvalue weighted by molar-refractivity contribution is 5.96. The molecule has 138 valence electrons. The molecule has 0 aliphatic carbocycles. The summed E-state index contributed by atoms with van der Waals surface area (Å²) in [5.41, 5.74) is 1.25. The third kappa shape index (κ3) is 3.31. The first-order valence-corrected chi connectivity index (χ1v) is 8.52. The number of hydrogen-bond donors (Lipinski definition) is 2. The predicted molar refractivity (Wildman–Crippen MR) is 99.7 cm³/mol. The third-order valence-corrected chi connectivity index (χ3v) is 4.37. The van der Waals surface area contributed by atoms with Crippen LogP contribution < -0.4 is 25.1 Å². The zero-order valence-corrected chi connectivity index (χ0v) is 14.7. The highest BCUT2D eigenvalue weighted by Gasteiger charge is 2.15. The number of benzene rings is 2. The van der Waals surface area contributed by atoms with E-state index in [0.29, 0.717) is 47.1 Å². The highest BCUT2D eigenvalue weighted by atomic mass is 16.6. The fourth-order valence-electron chi connectivity index (χ4n) is 3.02. The summed E-state index contributed by atoms with van der Waals surface area (Å²) in [6.45, 7) is 1.07. The van der Waals surface area contributed by atoms with Crippen LogP contribution in [-0.2, 0) is 6.54 Å². The van der Waals surface area contributed by atoms with Crippen LogP contribution in [0.2, 0.25) is 0 Å². The van der Waals surface area contributed by atoms with Crippen LogP contribution in [0.3, 0.4) is 0 Å². The summed E-state index contributed by atoms with van der Waals surface area (Å²) in [4.78, 5) is 27.6. The normalized spacial score (nSPS) is 12.6. The number of carbonyl (C=O) groups excluding carboxylic acids is 1. The molecule has 0 unspecified atom stereocenters. The van der Waals surface area contributed by atoms with Crippen LogP contribution in [0.25, 0.3) is 10.9 Å². The van der Waals surface area contributed by atoms with Gasteiger partial charge in [-0.2, -0.15) is 0 Å². The minimum Gasteiger partial charge on any atom is -0.496 e. The summed E-state index contributed by atoms with van der Waals surface area (Å²) >= 11 is 0. The Bertz CT molecular complexity index is 1070. The molecular weight excluding hydrogens is 348 g/mol. The van der Waals surface area contributed by atoms with Gasteiger partial charge in [0.15, 0.2) is 11.5 Å². The molecule has 1 aliphatic rings. The van der Waals surface area contributed by atoms with Gasteiger partial charge in [0.2, 0.25) is 0 Å². The molecule has 4 rings (SSSR count). The number of aromatic nitrogens is 1. The van der Waals surface area contributed by atoms with Gasteiger partial charge in [-0.3, -0.25) is 9.59 Å². The molecule has 0 radical (unpaired) electrons. The van der Waals surface area contributed by atoms with Crippen molar-refractivity contribution in [2.75, 3.05) is 20.3 Å². The number of carbonyl (C=O) groups is 1. The van der Waals surface area contributed by atoms with E-state index in [1.165, 1.54) is 7.11 Å². The molecule has 2 N–H and O–H groups in total. The van der Waals surface area contributed by atoms with Crippen molar-refractivity contribution in [3.05, 3.63) is 63.9 Å². The number of H-pyrrole nitrogens is 1. The second-order valence-electron chi connectivity index (χ2n) is 6.09. The highest BCUT2D eigenvalue weighted by Crippen LogP contribution is 2.33. The minimum absolute atomic E-state index is 0.0938. The van der Waals surface area contributed by atoms with Gasteiger partial charge < -0.3 is 24.5 Å². The van der Waals surface area contributed by atoms with Crippen molar-refractivity contribution < 1.29 is 19.0 Å². The Balaban J connectivity index is 1.59. The Hall–Kier alpha value is -3.48. The lowest BCUT2D eigenvalue weighted by Gasteiger charge is -2.19. The van der Waals surface area contributed by atoms with Gasteiger partial charge in [0.1, 0.15) is 19.0 Å². The first kappa shape index (κ1) is 17.0. The Kier molecular flexibility index (Phi) is 4.42. The van der Waals surface area contributed by atoms with Crippen molar-refractivity contribution in [1.29, 1.82) is 0 Å². The molecule has 0 saturated heterocycles. The van der Waals surface area contributed by atoms with E-state index in [1.807, 2.05) is 6.07 Å². The molecule has 7 heteroatoms.